The molecule has 3 fully saturated rings. The summed E-state index contributed by atoms with van der Waals surface area (Å²) in [7, 11) is -3.48. The number of benzene rings is 1. The van der Waals surface area contributed by atoms with Crippen molar-refractivity contribution in [3.8, 4) is 17.1 Å². The molecule has 0 radical (unpaired) electrons. The maximum absolute atomic E-state index is 14.7. The van der Waals surface area contributed by atoms with Crippen molar-refractivity contribution in [2.45, 2.75) is 102 Å². The lowest BCUT2D eigenvalue weighted by atomic mass is 10.0. The van der Waals surface area contributed by atoms with Crippen molar-refractivity contribution in [3.63, 3.8) is 0 Å². The molecule has 0 amide bonds. The quantitative estimate of drug-likeness (QED) is 0.146. The van der Waals surface area contributed by atoms with Gasteiger partial charge in [-0.25, -0.2) is 4.98 Å². The number of ether oxygens (including phenoxy) is 5. The van der Waals surface area contributed by atoms with Crippen molar-refractivity contribution in [1.29, 1.82) is 0 Å². The monoisotopic (exact) mass is 735 g/mol. The summed E-state index contributed by atoms with van der Waals surface area (Å²) < 4.78 is 83.1. The predicted molar refractivity (Wildman–Crippen MR) is 193 cm³/mol. The van der Waals surface area contributed by atoms with Crippen LogP contribution in [-0.4, -0.2) is 96.5 Å². The number of hydrogen-bond donors (Lipinski definition) is 0. The SMILES string of the molecule is CC(C)(C)[Si](C)(C)OC1CO[C@H]2[C@@H]1OC[C@H]2Oc1cc2nc(-c3ccc(N4CCOCC4)cc3)c(C(F)(F)F)cc2n1COCC[Si](C)(C)C. The van der Waals surface area contributed by atoms with Gasteiger partial charge in [-0.3, -0.25) is 4.57 Å². The van der Waals surface area contributed by atoms with E-state index in [-0.39, 0.29) is 47.9 Å². The molecule has 3 aliphatic rings. The molecular weight excluding hydrogens is 684 g/mol. The first kappa shape index (κ1) is 37.3. The minimum atomic E-state index is -4.64. The van der Waals surface area contributed by atoms with Gasteiger partial charge in [-0.2, -0.15) is 13.2 Å². The summed E-state index contributed by atoms with van der Waals surface area (Å²) in [6.45, 7) is 21.7. The van der Waals surface area contributed by atoms with Crippen LogP contribution in [0.4, 0.5) is 18.9 Å². The Balaban J connectivity index is 1.31. The van der Waals surface area contributed by atoms with E-state index in [0.29, 0.717) is 43.4 Å². The van der Waals surface area contributed by atoms with Crippen LogP contribution < -0.4 is 9.64 Å². The van der Waals surface area contributed by atoms with Gasteiger partial charge in [0.05, 0.1) is 54.8 Å². The second-order valence-electron chi connectivity index (χ2n) is 16.4. The molecule has 1 unspecified atom stereocenters. The topological polar surface area (TPSA) is 76.4 Å². The van der Waals surface area contributed by atoms with E-state index in [9.17, 15) is 13.2 Å². The molecule has 4 atom stereocenters. The lowest BCUT2D eigenvalue weighted by molar-refractivity contribution is -0.137. The van der Waals surface area contributed by atoms with Gasteiger partial charge in [0, 0.05) is 45.1 Å². The highest BCUT2D eigenvalue weighted by atomic mass is 28.4. The van der Waals surface area contributed by atoms with Crippen molar-refractivity contribution >= 4 is 33.1 Å². The third-order valence-corrected chi connectivity index (χ3v) is 16.6. The number of morpholine rings is 1. The van der Waals surface area contributed by atoms with Crippen LogP contribution in [-0.2, 0) is 36.3 Å². The fourth-order valence-electron chi connectivity index (χ4n) is 6.35. The van der Waals surface area contributed by atoms with Crippen molar-refractivity contribution < 1.29 is 41.3 Å². The number of alkyl halides is 3. The molecule has 5 heterocycles. The first-order valence-corrected chi connectivity index (χ1v) is 24.2. The summed E-state index contributed by atoms with van der Waals surface area (Å²) in [4.78, 5) is 6.80. The molecule has 0 aliphatic carbocycles. The normalized spacial score (nSPS) is 23.5. The van der Waals surface area contributed by atoms with E-state index in [1.807, 2.05) is 12.1 Å². The van der Waals surface area contributed by atoms with Gasteiger partial charge in [0.1, 0.15) is 18.9 Å². The summed E-state index contributed by atoms with van der Waals surface area (Å²) in [6.07, 6.45) is -5.99. The number of aromatic nitrogens is 2. The van der Waals surface area contributed by atoms with Crippen LogP contribution >= 0.6 is 0 Å². The highest BCUT2D eigenvalue weighted by Gasteiger charge is 2.52. The maximum atomic E-state index is 14.7. The average molecular weight is 736 g/mol. The van der Waals surface area contributed by atoms with Crippen LogP contribution in [0.2, 0.25) is 43.8 Å². The Morgan fingerprint density at radius 1 is 0.900 bits per heavy atom. The zero-order chi connectivity index (χ0) is 36.1. The van der Waals surface area contributed by atoms with Gasteiger partial charge in [-0.1, -0.05) is 52.5 Å². The minimum Gasteiger partial charge on any atom is -0.470 e. The molecule has 0 N–H and O–H groups in total. The van der Waals surface area contributed by atoms with Gasteiger partial charge in [0.25, 0.3) is 0 Å². The van der Waals surface area contributed by atoms with Crippen LogP contribution in [0.3, 0.4) is 0 Å². The van der Waals surface area contributed by atoms with Crippen molar-refractivity contribution in [2.24, 2.45) is 0 Å². The molecule has 6 rings (SSSR count). The Bertz CT molecular complexity index is 1630. The largest absolute Gasteiger partial charge is 0.470 e. The summed E-state index contributed by atoms with van der Waals surface area (Å²) in [5.41, 5.74) is 1.05. The molecule has 3 aromatic rings. The van der Waals surface area contributed by atoms with Crippen molar-refractivity contribution in [2.75, 3.05) is 51.0 Å². The van der Waals surface area contributed by atoms with Crippen LogP contribution in [0.1, 0.15) is 26.3 Å². The Morgan fingerprint density at radius 2 is 1.54 bits per heavy atom. The van der Waals surface area contributed by atoms with Crippen molar-refractivity contribution in [1.82, 2.24) is 9.55 Å². The third-order valence-electron chi connectivity index (χ3n) is 10.4. The molecule has 1 aromatic carbocycles. The minimum absolute atomic E-state index is 0.0233. The summed E-state index contributed by atoms with van der Waals surface area (Å²) >= 11 is 0. The van der Waals surface area contributed by atoms with E-state index in [4.69, 9.17) is 28.1 Å². The van der Waals surface area contributed by atoms with Gasteiger partial charge in [0.2, 0.25) is 0 Å². The van der Waals surface area contributed by atoms with Gasteiger partial charge in [-0.15, -0.1) is 0 Å². The first-order valence-electron chi connectivity index (χ1n) is 17.6. The Kier molecular flexibility index (Phi) is 10.6. The Labute approximate surface area is 295 Å². The molecule has 276 valence electrons. The highest BCUT2D eigenvalue weighted by molar-refractivity contribution is 6.76. The average Bonchev–Trinajstić information content (AvgIpc) is 3.72. The molecule has 9 nitrogen and oxygen atoms in total. The van der Waals surface area contributed by atoms with Gasteiger partial charge in [0.15, 0.2) is 20.3 Å². The van der Waals surface area contributed by atoms with E-state index in [1.165, 1.54) is 6.07 Å². The zero-order valence-corrected chi connectivity index (χ0v) is 32.6. The Hall–Kier alpha value is -2.47. The smallest absolute Gasteiger partial charge is 0.418 e. The van der Waals surface area contributed by atoms with E-state index in [2.05, 4.69) is 63.4 Å². The van der Waals surface area contributed by atoms with Gasteiger partial charge in [-0.05, 0) is 42.4 Å². The third kappa shape index (κ3) is 8.11. The second kappa shape index (κ2) is 14.2. The number of hydrogen-bond acceptors (Lipinski definition) is 8. The summed E-state index contributed by atoms with van der Waals surface area (Å²) in [6, 6.07) is 10.9. The molecule has 0 spiro atoms. The van der Waals surface area contributed by atoms with Crippen LogP contribution in [0.15, 0.2) is 36.4 Å². The molecule has 0 bridgehead atoms. The number of halogens is 3. The van der Waals surface area contributed by atoms with E-state index in [0.717, 1.165) is 24.8 Å². The highest BCUT2D eigenvalue weighted by Crippen LogP contribution is 2.42. The molecule has 14 heteroatoms. The standard InChI is InChI=1S/C36H52F3N3O6Si2/c1-35(2,3)50(7,8)48-30-22-46-33-29(21-45-34(30)33)47-31-20-27-28(42(31)23-44-17-18-49(4,5)6)19-26(36(37,38)39)32(40-27)24-9-11-25(12-10-24)41-13-15-43-16-14-41/h9-12,19-20,29-30,33-34H,13-18,21-23H2,1-8H3/t29-,30?,33-,34-/m1/s1. The molecule has 50 heavy (non-hydrogen) atoms. The summed E-state index contributed by atoms with van der Waals surface area (Å²) in [5.74, 6) is 0.361. The van der Waals surface area contributed by atoms with Crippen molar-refractivity contribution in [3.05, 3.63) is 42.0 Å². The Morgan fingerprint density at radius 3 is 2.16 bits per heavy atom. The molecule has 3 saturated heterocycles. The molecule has 0 saturated carbocycles. The number of nitrogens with zero attached hydrogens (tertiary/aromatic N) is 3. The second-order valence-corrected chi connectivity index (χ2v) is 26.7. The predicted octanol–water partition coefficient (Wildman–Crippen LogP) is 7.81. The number of rotatable bonds is 11. The molecular formula is C36H52F3N3O6Si2. The van der Waals surface area contributed by atoms with Crippen LogP contribution in [0.25, 0.3) is 22.3 Å². The molecule has 3 aliphatic heterocycles. The van der Waals surface area contributed by atoms with Gasteiger partial charge >= 0.3 is 6.18 Å². The summed E-state index contributed by atoms with van der Waals surface area (Å²) in [5, 5.41) is 0.0297. The number of pyridine rings is 1. The lowest BCUT2D eigenvalue weighted by Crippen LogP contribution is -2.47. The zero-order valence-electron chi connectivity index (χ0n) is 30.6. The van der Waals surface area contributed by atoms with Gasteiger partial charge < -0.3 is 33.0 Å². The van der Waals surface area contributed by atoms with Crippen LogP contribution in [0, 0.1) is 0 Å². The molecule has 2 aromatic heterocycles. The van der Waals surface area contributed by atoms with E-state index >= 15 is 0 Å². The fourth-order valence-corrected chi connectivity index (χ4v) is 8.42. The number of fused-ring (bicyclic) bond motifs is 2. The number of anilines is 1. The fraction of sp³-hybridized carbons (Fsp3) is 0.639. The van der Waals surface area contributed by atoms with E-state index < -0.39 is 34.2 Å². The first-order chi connectivity index (χ1) is 23.4. The van der Waals surface area contributed by atoms with Crippen LogP contribution in [0.5, 0.6) is 5.88 Å². The van der Waals surface area contributed by atoms with E-state index in [1.54, 1.807) is 22.8 Å². The maximum Gasteiger partial charge on any atom is 0.418 e. The lowest BCUT2D eigenvalue weighted by Gasteiger charge is -2.39.